The van der Waals surface area contributed by atoms with Crippen LogP contribution in [-0.4, -0.2) is 28.7 Å². The predicted octanol–water partition coefficient (Wildman–Crippen LogP) is 0.278. The molecule has 0 unspecified atom stereocenters. The Morgan fingerprint density at radius 1 is 1.41 bits per heavy atom. The number of rotatable bonds is 6. The quantitative estimate of drug-likeness (QED) is 0.699. The zero-order chi connectivity index (χ0) is 12.7. The third-order valence-electron chi connectivity index (χ3n) is 2.49. The summed E-state index contributed by atoms with van der Waals surface area (Å²) in [6.45, 7) is 0.698. The van der Waals surface area contributed by atoms with Gasteiger partial charge >= 0.3 is 0 Å². The first-order valence-electron chi connectivity index (χ1n) is 5.71. The maximum absolute atomic E-state index is 11.7. The number of carbonyl (C=O) groups excluding carboxylic acids is 1. The van der Waals surface area contributed by atoms with Crippen molar-refractivity contribution in [2.24, 2.45) is 7.05 Å². The van der Waals surface area contributed by atoms with Gasteiger partial charge in [0, 0.05) is 26.4 Å². The highest BCUT2D eigenvalue weighted by Crippen LogP contribution is 1.94. The Morgan fingerprint density at radius 3 is 2.88 bits per heavy atom. The number of unbranched alkanes of at least 4 members (excludes halogenated alkanes) is 2. The van der Waals surface area contributed by atoms with Crippen LogP contribution in [0.2, 0.25) is 0 Å². The summed E-state index contributed by atoms with van der Waals surface area (Å²) >= 11 is 0. The molecule has 1 heterocycles. The van der Waals surface area contributed by atoms with Crippen molar-refractivity contribution in [2.75, 3.05) is 13.2 Å². The van der Waals surface area contributed by atoms with Crippen LogP contribution in [0.5, 0.6) is 0 Å². The van der Waals surface area contributed by atoms with Crippen LogP contribution in [0.1, 0.15) is 29.6 Å². The van der Waals surface area contributed by atoms with Crippen molar-refractivity contribution in [3.63, 3.8) is 0 Å². The Labute approximate surface area is 100 Å². The fraction of sp³-hybridized carbons (Fsp3) is 0.500. The summed E-state index contributed by atoms with van der Waals surface area (Å²) < 4.78 is 1.38. The Morgan fingerprint density at radius 2 is 2.18 bits per heavy atom. The van der Waals surface area contributed by atoms with Crippen molar-refractivity contribution >= 4 is 5.91 Å². The van der Waals surface area contributed by atoms with Gasteiger partial charge in [-0.25, -0.2) is 0 Å². The molecule has 17 heavy (non-hydrogen) atoms. The minimum absolute atomic E-state index is 0.164. The molecule has 2 N–H and O–H groups in total. The summed E-state index contributed by atoms with van der Waals surface area (Å²) in [5.41, 5.74) is -0.127. The monoisotopic (exact) mass is 238 g/mol. The second-order valence-corrected chi connectivity index (χ2v) is 3.88. The second-order valence-electron chi connectivity index (χ2n) is 3.88. The summed E-state index contributed by atoms with van der Waals surface area (Å²) in [4.78, 5) is 23.3. The number of aromatic nitrogens is 1. The molecule has 0 atom stereocenters. The highest BCUT2D eigenvalue weighted by atomic mass is 16.3. The average Bonchev–Trinajstić information content (AvgIpc) is 2.32. The SMILES string of the molecule is Cn1cccc(C(=O)NCCCCCO)c1=O. The second kappa shape index (κ2) is 6.85. The van der Waals surface area contributed by atoms with Crippen molar-refractivity contribution in [3.8, 4) is 0 Å². The van der Waals surface area contributed by atoms with Gasteiger partial charge in [0.1, 0.15) is 5.56 Å². The molecule has 1 rings (SSSR count). The number of carbonyl (C=O) groups is 1. The minimum Gasteiger partial charge on any atom is -0.396 e. The van der Waals surface area contributed by atoms with Gasteiger partial charge < -0.3 is 15.0 Å². The lowest BCUT2D eigenvalue weighted by Crippen LogP contribution is -2.32. The average molecular weight is 238 g/mol. The van der Waals surface area contributed by atoms with E-state index in [0.29, 0.717) is 6.54 Å². The molecule has 5 heteroatoms. The molecule has 0 saturated carbocycles. The van der Waals surface area contributed by atoms with Crippen LogP contribution in [0.4, 0.5) is 0 Å². The van der Waals surface area contributed by atoms with Crippen molar-refractivity contribution in [2.45, 2.75) is 19.3 Å². The lowest BCUT2D eigenvalue weighted by atomic mass is 10.2. The van der Waals surface area contributed by atoms with Crippen molar-refractivity contribution < 1.29 is 9.90 Å². The molecule has 94 valence electrons. The molecule has 0 aliphatic heterocycles. The Kier molecular flexibility index (Phi) is 5.42. The fourth-order valence-corrected chi connectivity index (χ4v) is 1.48. The number of pyridine rings is 1. The van der Waals surface area contributed by atoms with E-state index in [1.807, 2.05) is 0 Å². The standard InChI is InChI=1S/C12H18N2O3/c1-14-8-5-6-10(12(14)17)11(16)13-7-3-2-4-9-15/h5-6,8,15H,2-4,7,9H2,1H3,(H,13,16). The summed E-state index contributed by atoms with van der Waals surface area (Å²) in [5, 5.41) is 11.3. The van der Waals surface area contributed by atoms with E-state index in [4.69, 9.17) is 5.11 Å². The van der Waals surface area contributed by atoms with E-state index < -0.39 is 0 Å². The van der Waals surface area contributed by atoms with E-state index in [1.165, 1.54) is 10.6 Å². The normalized spacial score (nSPS) is 10.2. The molecular formula is C12H18N2O3. The Bertz CT molecular complexity index is 426. The van der Waals surface area contributed by atoms with Crippen LogP contribution in [-0.2, 0) is 7.05 Å². The third-order valence-corrected chi connectivity index (χ3v) is 2.49. The molecule has 1 aromatic heterocycles. The van der Waals surface area contributed by atoms with Crippen LogP contribution < -0.4 is 10.9 Å². The van der Waals surface area contributed by atoms with E-state index >= 15 is 0 Å². The molecule has 0 spiro atoms. The smallest absolute Gasteiger partial charge is 0.263 e. The van der Waals surface area contributed by atoms with Gasteiger partial charge in [-0.2, -0.15) is 0 Å². The molecule has 0 aliphatic rings. The van der Waals surface area contributed by atoms with E-state index in [9.17, 15) is 9.59 Å². The fourth-order valence-electron chi connectivity index (χ4n) is 1.48. The van der Waals surface area contributed by atoms with Crippen molar-refractivity contribution in [1.82, 2.24) is 9.88 Å². The summed E-state index contributed by atoms with van der Waals surface area (Å²) in [6.07, 6.45) is 4.02. The summed E-state index contributed by atoms with van der Waals surface area (Å²) in [5.74, 6) is -0.338. The number of amides is 1. The lowest BCUT2D eigenvalue weighted by Gasteiger charge is -2.05. The number of aliphatic hydroxyl groups is 1. The highest BCUT2D eigenvalue weighted by Gasteiger charge is 2.09. The van der Waals surface area contributed by atoms with Crippen LogP contribution in [0.3, 0.4) is 0 Å². The minimum atomic E-state index is -0.338. The Hall–Kier alpha value is -1.62. The first-order valence-corrected chi connectivity index (χ1v) is 5.71. The molecular weight excluding hydrogens is 220 g/mol. The molecule has 0 radical (unpaired) electrons. The maximum Gasteiger partial charge on any atom is 0.263 e. The summed E-state index contributed by atoms with van der Waals surface area (Å²) in [6, 6.07) is 3.19. The van der Waals surface area contributed by atoms with Gasteiger partial charge in [0.15, 0.2) is 0 Å². The molecule has 0 fully saturated rings. The van der Waals surface area contributed by atoms with Gasteiger partial charge in [0.2, 0.25) is 0 Å². The molecule has 0 saturated heterocycles. The van der Waals surface area contributed by atoms with E-state index in [1.54, 1.807) is 19.3 Å². The van der Waals surface area contributed by atoms with Crippen LogP contribution in [0.15, 0.2) is 23.1 Å². The zero-order valence-corrected chi connectivity index (χ0v) is 9.98. The molecule has 0 bridgehead atoms. The van der Waals surface area contributed by atoms with Crippen molar-refractivity contribution in [1.29, 1.82) is 0 Å². The van der Waals surface area contributed by atoms with Gasteiger partial charge in [-0.3, -0.25) is 9.59 Å². The van der Waals surface area contributed by atoms with Crippen LogP contribution in [0.25, 0.3) is 0 Å². The number of nitrogens with zero attached hydrogens (tertiary/aromatic N) is 1. The summed E-state index contributed by atoms with van der Waals surface area (Å²) in [7, 11) is 1.61. The van der Waals surface area contributed by atoms with Gasteiger partial charge in [-0.15, -0.1) is 0 Å². The number of hydrogen-bond donors (Lipinski definition) is 2. The van der Waals surface area contributed by atoms with Gasteiger partial charge in [-0.05, 0) is 31.4 Å². The third kappa shape index (κ3) is 4.03. The molecule has 0 aliphatic carbocycles. The molecule has 1 amide bonds. The molecule has 5 nitrogen and oxygen atoms in total. The van der Waals surface area contributed by atoms with E-state index in [0.717, 1.165) is 19.3 Å². The predicted molar refractivity (Wildman–Crippen MR) is 65.0 cm³/mol. The topological polar surface area (TPSA) is 71.3 Å². The number of hydrogen-bond acceptors (Lipinski definition) is 3. The van der Waals surface area contributed by atoms with Gasteiger partial charge in [0.25, 0.3) is 11.5 Å². The van der Waals surface area contributed by atoms with Gasteiger partial charge in [0.05, 0.1) is 0 Å². The first-order chi connectivity index (χ1) is 8.16. The van der Waals surface area contributed by atoms with Gasteiger partial charge in [-0.1, -0.05) is 0 Å². The van der Waals surface area contributed by atoms with Crippen LogP contribution in [0, 0.1) is 0 Å². The zero-order valence-electron chi connectivity index (χ0n) is 9.98. The Balaban J connectivity index is 2.48. The largest absolute Gasteiger partial charge is 0.396 e. The van der Waals surface area contributed by atoms with Crippen molar-refractivity contribution in [3.05, 3.63) is 34.2 Å². The van der Waals surface area contributed by atoms with Crippen LogP contribution >= 0.6 is 0 Å². The molecule has 1 aromatic rings. The first kappa shape index (κ1) is 13.4. The highest BCUT2D eigenvalue weighted by molar-refractivity contribution is 5.93. The number of aryl methyl sites for hydroxylation is 1. The van der Waals surface area contributed by atoms with E-state index in [-0.39, 0.29) is 23.6 Å². The molecule has 0 aromatic carbocycles. The number of nitrogens with one attached hydrogen (secondary N) is 1. The van der Waals surface area contributed by atoms with E-state index in [2.05, 4.69) is 5.32 Å². The maximum atomic E-state index is 11.7. The number of aliphatic hydroxyl groups excluding tert-OH is 1. The lowest BCUT2D eigenvalue weighted by molar-refractivity contribution is 0.0951.